The summed E-state index contributed by atoms with van der Waals surface area (Å²) in [5, 5.41) is 14.9. The highest BCUT2D eigenvalue weighted by Crippen LogP contribution is 1.76. The van der Waals surface area contributed by atoms with Crippen LogP contribution in [-0.2, 0) is 4.79 Å². The van der Waals surface area contributed by atoms with Crippen molar-refractivity contribution in [3.63, 3.8) is 0 Å². The number of likely N-dealkylation sites (N-methyl/N-ethyl adjacent to an activating group) is 1. The molecule has 0 heterocycles. The first-order chi connectivity index (χ1) is 4.04. The van der Waals surface area contributed by atoms with E-state index in [-0.39, 0.29) is 12.5 Å². The molecular weight excluding hydrogens is 125 g/mol. The second-order valence-electron chi connectivity index (χ2n) is 1.64. The van der Waals surface area contributed by atoms with Crippen molar-refractivity contribution in [3.05, 3.63) is 0 Å². The number of guanidine groups is 1. The summed E-state index contributed by atoms with van der Waals surface area (Å²) in [5.74, 6) is -1.23. The predicted octanol–water partition coefficient (Wildman–Crippen LogP) is -1.10. The van der Waals surface area contributed by atoms with Gasteiger partial charge in [0.2, 0.25) is 0 Å². The van der Waals surface area contributed by atoms with Crippen molar-refractivity contribution in [2.45, 2.75) is 0 Å². The molecule has 0 fully saturated rings. The molecule has 0 atom stereocenters. The number of rotatable bonds is 2. The lowest BCUT2D eigenvalue weighted by atomic mass is 11.0. The summed E-state index contributed by atoms with van der Waals surface area (Å²) >= 11 is 0. The summed E-state index contributed by atoms with van der Waals surface area (Å²) in [6.07, 6.45) is 0. The van der Waals surface area contributed by atoms with E-state index in [1.165, 1.54) is 7.05 Å². The van der Waals surface area contributed by atoms with Gasteiger partial charge in [-0.25, -0.2) is 0 Å². The minimum absolute atomic E-state index is 0.227. The fourth-order valence-electron chi connectivity index (χ4n) is 0.288. The molecule has 0 aliphatic carbocycles. The van der Waals surface area contributed by atoms with Crippen LogP contribution in [0.1, 0.15) is 0 Å². The maximum atomic E-state index is 9.92. The van der Waals surface area contributed by atoms with Gasteiger partial charge in [-0.1, -0.05) is 0 Å². The average Bonchev–Trinajstić information content (AvgIpc) is 1.63. The number of hydrogen-bond acceptors (Lipinski definition) is 2. The van der Waals surface area contributed by atoms with Gasteiger partial charge < -0.3 is 15.7 Å². The molecule has 9 heavy (non-hydrogen) atoms. The van der Waals surface area contributed by atoms with E-state index >= 15 is 0 Å². The largest absolute Gasteiger partial charge is 0.480 e. The molecule has 52 valence electrons. The number of carboxylic acids is 1. The second kappa shape index (κ2) is 2.91. The Balaban J connectivity index is 3.63. The molecule has 4 N–H and O–H groups in total. The molecule has 0 saturated heterocycles. The fourth-order valence-corrected chi connectivity index (χ4v) is 0.288. The molecule has 0 aliphatic heterocycles. The van der Waals surface area contributed by atoms with Gasteiger partial charge in [0.25, 0.3) is 0 Å². The quantitative estimate of drug-likeness (QED) is 0.254. The first-order valence-electron chi connectivity index (χ1n) is 2.31. The highest BCUT2D eigenvalue weighted by atomic mass is 16.5. The Morgan fingerprint density at radius 2 is 2.33 bits per heavy atom. The molecule has 0 aromatic heterocycles. The third kappa shape index (κ3) is 3.33. The molecule has 5 nitrogen and oxygen atoms in total. The van der Waals surface area contributed by atoms with E-state index in [4.69, 9.17) is 16.2 Å². The molecule has 0 saturated carbocycles. The minimum atomic E-state index is -0.993. The Morgan fingerprint density at radius 3 is 2.44 bits per heavy atom. The zero-order valence-electron chi connectivity index (χ0n) is 5.09. The Bertz CT molecular complexity index is 134. The first kappa shape index (κ1) is 7.74. The standard InChI is InChI=1S/C4H9N3O2/c1-7(4(5)6)2-3(8)9/h2H2,1H3,(H3,5,6)(H,8,9)/i1+1,2+1,3+1. The van der Waals surface area contributed by atoms with Gasteiger partial charge in [-0.15, -0.1) is 0 Å². The molecule has 0 rings (SSSR count). The number of nitrogens with two attached hydrogens (primary N) is 1. The lowest BCUT2D eigenvalue weighted by molar-refractivity contribution is -0.137. The van der Waals surface area contributed by atoms with Crippen molar-refractivity contribution in [3.8, 4) is 0 Å². The Hall–Kier alpha value is -1.26. The molecule has 0 amide bonds. The Kier molecular flexibility index (Phi) is 2.50. The highest BCUT2D eigenvalue weighted by molar-refractivity contribution is 5.79. The van der Waals surface area contributed by atoms with Gasteiger partial charge >= 0.3 is 5.97 Å². The average molecular weight is 134 g/mol. The van der Waals surface area contributed by atoms with Crippen LogP contribution in [-0.4, -0.2) is 35.5 Å². The molecule has 0 spiro atoms. The normalized spacial score (nSPS) is 8.56. The minimum Gasteiger partial charge on any atom is -0.480 e. The van der Waals surface area contributed by atoms with Crippen LogP contribution in [0.2, 0.25) is 0 Å². The second-order valence-corrected chi connectivity index (χ2v) is 1.64. The van der Waals surface area contributed by atoms with Gasteiger partial charge in [0, 0.05) is 7.05 Å². The van der Waals surface area contributed by atoms with Crippen LogP contribution in [0.4, 0.5) is 0 Å². The van der Waals surface area contributed by atoms with Crippen molar-refractivity contribution >= 4 is 11.9 Å². The molecule has 5 heteroatoms. The molecule has 0 unspecified atom stereocenters. The molecule has 0 aromatic carbocycles. The molecular formula is C4H9N3O2. The SMILES string of the molecule is [13CH3]N([13CH2][13C](=O)O)C(=N)N. The number of carboxylic acid groups (broad SMARTS) is 1. The van der Waals surface area contributed by atoms with E-state index in [1.54, 1.807) is 0 Å². The van der Waals surface area contributed by atoms with Gasteiger partial charge in [-0.3, -0.25) is 10.2 Å². The summed E-state index contributed by atoms with van der Waals surface area (Å²) in [6, 6.07) is 0. The van der Waals surface area contributed by atoms with Crippen molar-refractivity contribution in [2.75, 3.05) is 13.6 Å². The van der Waals surface area contributed by atoms with Crippen LogP contribution >= 0.6 is 0 Å². The van der Waals surface area contributed by atoms with Crippen LogP contribution in [0.25, 0.3) is 0 Å². The zero-order valence-corrected chi connectivity index (χ0v) is 5.09. The summed E-state index contributed by atoms with van der Waals surface area (Å²) in [6.45, 7) is -0.227. The summed E-state index contributed by atoms with van der Waals surface area (Å²) < 4.78 is 0. The van der Waals surface area contributed by atoms with E-state index in [0.29, 0.717) is 0 Å². The van der Waals surface area contributed by atoms with Crippen molar-refractivity contribution in [1.29, 1.82) is 5.41 Å². The zero-order chi connectivity index (χ0) is 7.44. The third-order valence-electron chi connectivity index (χ3n) is 0.784. The van der Waals surface area contributed by atoms with Gasteiger partial charge in [0.15, 0.2) is 5.96 Å². The summed E-state index contributed by atoms with van der Waals surface area (Å²) in [4.78, 5) is 11.0. The number of carbonyl (C=O) groups is 1. The van der Waals surface area contributed by atoms with Crippen LogP contribution in [0.3, 0.4) is 0 Å². The maximum Gasteiger partial charge on any atom is 0.323 e. The fraction of sp³-hybridized carbons (Fsp3) is 0.500. The van der Waals surface area contributed by atoms with Crippen molar-refractivity contribution in [2.24, 2.45) is 5.73 Å². The monoisotopic (exact) mass is 134 g/mol. The molecule has 0 aliphatic rings. The smallest absolute Gasteiger partial charge is 0.323 e. The lowest BCUT2D eigenvalue weighted by Crippen LogP contribution is -2.36. The van der Waals surface area contributed by atoms with E-state index in [9.17, 15) is 4.79 Å². The highest BCUT2D eigenvalue weighted by Gasteiger charge is 2.03. The van der Waals surface area contributed by atoms with Gasteiger partial charge in [-0.05, 0) is 0 Å². The summed E-state index contributed by atoms with van der Waals surface area (Å²) in [7, 11) is 1.44. The molecule has 0 bridgehead atoms. The maximum absolute atomic E-state index is 9.92. The van der Waals surface area contributed by atoms with Gasteiger partial charge in [0.1, 0.15) is 6.54 Å². The summed E-state index contributed by atoms with van der Waals surface area (Å²) in [5.41, 5.74) is 4.93. The van der Waals surface area contributed by atoms with Crippen LogP contribution in [0, 0.1) is 5.41 Å². The van der Waals surface area contributed by atoms with Crippen LogP contribution in [0.5, 0.6) is 0 Å². The molecule has 0 aromatic rings. The number of nitrogens with one attached hydrogen (secondary N) is 1. The predicted molar refractivity (Wildman–Crippen MR) is 32.2 cm³/mol. The van der Waals surface area contributed by atoms with Crippen LogP contribution in [0.15, 0.2) is 0 Å². The molecule has 0 radical (unpaired) electrons. The van der Waals surface area contributed by atoms with E-state index in [1.807, 2.05) is 0 Å². The first-order valence-corrected chi connectivity index (χ1v) is 2.31. The third-order valence-corrected chi connectivity index (χ3v) is 0.784. The Labute approximate surface area is 52.6 Å². The number of hydrogen-bond donors (Lipinski definition) is 3. The van der Waals surface area contributed by atoms with E-state index < -0.39 is 5.97 Å². The van der Waals surface area contributed by atoms with Crippen molar-refractivity contribution in [1.82, 2.24) is 4.90 Å². The van der Waals surface area contributed by atoms with Gasteiger partial charge in [0.05, 0.1) is 0 Å². The Morgan fingerprint density at radius 1 is 1.89 bits per heavy atom. The number of nitrogens with zero attached hydrogens (tertiary/aromatic N) is 1. The van der Waals surface area contributed by atoms with Crippen molar-refractivity contribution < 1.29 is 9.90 Å². The number of aliphatic carboxylic acids is 1. The van der Waals surface area contributed by atoms with Crippen LogP contribution < -0.4 is 5.73 Å². The van der Waals surface area contributed by atoms with E-state index in [0.717, 1.165) is 4.90 Å². The van der Waals surface area contributed by atoms with Gasteiger partial charge in [-0.2, -0.15) is 0 Å². The topological polar surface area (TPSA) is 90.4 Å². The lowest BCUT2D eigenvalue weighted by Gasteiger charge is -2.12. The van der Waals surface area contributed by atoms with E-state index in [2.05, 4.69) is 0 Å².